The van der Waals surface area contributed by atoms with Crippen molar-refractivity contribution in [3.05, 3.63) is 90.0 Å². The topological polar surface area (TPSA) is 35.2 Å². The zero-order valence-corrected chi connectivity index (χ0v) is 18.0. The van der Waals surface area contributed by atoms with Gasteiger partial charge in [-0.1, -0.05) is 87.5 Å². The highest BCUT2D eigenvalue weighted by atomic mass is 28.4. The first-order valence-corrected chi connectivity index (χ1v) is 12.0. The van der Waals surface area contributed by atoms with E-state index in [2.05, 4.69) is 99.6 Å². The largest absolute Gasteiger partial charge is 0.534 e. The molecule has 0 bridgehead atoms. The smallest absolute Gasteiger partial charge is 0.319 e. The Kier molecular flexibility index (Phi) is 4.90. The van der Waals surface area contributed by atoms with Crippen LogP contribution in [0.5, 0.6) is 5.75 Å². The first-order chi connectivity index (χ1) is 13.4. The molecule has 0 saturated carbocycles. The van der Waals surface area contributed by atoms with Gasteiger partial charge in [0.1, 0.15) is 5.75 Å². The van der Waals surface area contributed by atoms with Crippen LogP contribution in [0.3, 0.4) is 0 Å². The molecule has 0 aromatic heterocycles. The van der Waals surface area contributed by atoms with Crippen molar-refractivity contribution in [3.63, 3.8) is 0 Å². The van der Waals surface area contributed by atoms with Gasteiger partial charge in [0.05, 0.1) is 0 Å². The molecule has 1 atom stereocenters. The Morgan fingerprint density at radius 3 is 1.96 bits per heavy atom. The second-order valence-corrected chi connectivity index (χ2v) is 13.0. The van der Waals surface area contributed by atoms with Gasteiger partial charge in [0.15, 0.2) is 0 Å². The lowest BCUT2D eigenvalue weighted by atomic mass is 10.1. The maximum Gasteiger partial charge on any atom is 0.319 e. The molecule has 1 aliphatic rings. The molecule has 3 aromatic carbocycles. The number of hydrogen-bond acceptors (Lipinski definition) is 2. The molecule has 0 aliphatic heterocycles. The van der Waals surface area contributed by atoms with Crippen molar-refractivity contribution in [1.29, 1.82) is 0 Å². The van der Waals surface area contributed by atoms with Gasteiger partial charge in [-0.2, -0.15) is 0 Å². The highest BCUT2D eigenvalue weighted by molar-refractivity contribution is 7.00. The third-order valence-electron chi connectivity index (χ3n) is 5.93. The SMILES string of the molecule is CC(C)(C)[Si](Oc1ccc2c(c1)[C@H](N)CC2)(c1ccccc1)c1ccccc1. The molecule has 0 heterocycles. The van der Waals surface area contributed by atoms with Gasteiger partial charge in [-0.15, -0.1) is 0 Å². The van der Waals surface area contributed by atoms with Crippen LogP contribution >= 0.6 is 0 Å². The van der Waals surface area contributed by atoms with Crippen molar-refractivity contribution in [2.75, 3.05) is 0 Å². The number of benzene rings is 3. The van der Waals surface area contributed by atoms with Crippen molar-refractivity contribution >= 4 is 18.7 Å². The minimum absolute atomic E-state index is 0.0448. The molecule has 2 nitrogen and oxygen atoms in total. The first kappa shape index (κ1) is 19.0. The lowest BCUT2D eigenvalue weighted by Gasteiger charge is -2.43. The molecular weight excluding hydrogens is 358 g/mol. The summed E-state index contributed by atoms with van der Waals surface area (Å²) in [4.78, 5) is 0. The van der Waals surface area contributed by atoms with Crippen LogP contribution in [0.15, 0.2) is 78.9 Å². The van der Waals surface area contributed by atoms with Crippen molar-refractivity contribution < 1.29 is 4.43 Å². The summed E-state index contributed by atoms with van der Waals surface area (Å²) in [6, 6.07) is 28.2. The Hall–Kier alpha value is -2.36. The van der Waals surface area contributed by atoms with E-state index in [0.29, 0.717) is 0 Å². The molecule has 4 rings (SSSR count). The fourth-order valence-electron chi connectivity index (χ4n) is 4.50. The average Bonchev–Trinajstić information content (AvgIpc) is 3.07. The molecule has 0 saturated heterocycles. The van der Waals surface area contributed by atoms with E-state index in [0.717, 1.165) is 18.6 Å². The standard InChI is InChI=1S/C25H29NOSi/c1-25(2,3)28(21-10-6-4-7-11-21,22-12-8-5-9-13-22)27-20-16-14-19-15-17-24(26)23(19)18-20/h4-14,16,18,24H,15,17,26H2,1-3H3/t24-/m1/s1. The van der Waals surface area contributed by atoms with Crippen LogP contribution in [0.25, 0.3) is 0 Å². The summed E-state index contributed by atoms with van der Waals surface area (Å²) < 4.78 is 7.10. The molecule has 0 spiro atoms. The van der Waals surface area contributed by atoms with E-state index in [1.165, 1.54) is 21.5 Å². The van der Waals surface area contributed by atoms with E-state index in [4.69, 9.17) is 10.2 Å². The number of aryl methyl sites for hydroxylation is 1. The molecule has 1 aliphatic carbocycles. The van der Waals surface area contributed by atoms with Crippen molar-refractivity contribution in [3.8, 4) is 5.75 Å². The van der Waals surface area contributed by atoms with Crippen LogP contribution in [0.1, 0.15) is 44.4 Å². The first-order valence-electron chi connectivity index (χ1n) is 10.1. The zero-order valence-electron chi connectivity index (χ0n) is 17.0. The lowest BCUT2D eigenvalue weighted by molar-refractivity contribution is 0.507. The Morgan fingerprint density at radius 1 is 0.857 bits per heavy atom. The fourth-order valence-corrected chi connectivity index (χ4v) is 8.91. The summed E-state index contributed by atoms with van der Waals surface area (Å²) in [6.07, 6.45) is 2.09. The number of fused-ring (bicyclic) bond motifs is 1. The van der Waals surface area contributed by atoms with E-state index in [9.17, 15) is 0 Å². The van der Waals surface area contributed by atoms with Crippen LogP contribution in [0.4, 0.5) is 0 Å². The van der Waals surface area contributed by atoms with Gasteiger partial charge in [-0.05, 0) is 51.5 Å². The molecule has 3 aromatic rings. The van der Waals surface area contributed by atoms with Gasteiger partial charge in [-0.3, -0.25) is 0 Å². The van der Waals surface area contributed by atoms with Crippen LogP contribution in [-0.4, -0.2) is 8.32 Å². The Bertz CT molecular complexity index is 908. The van der Waals surface area contributed by atoms with Crippen LogP contribution in [0, 0.1) is 0 Å². The summed E-state index contributed by atoms with van der Waals surface area (Å²) in [7, 11) is -2.59. The monoisotopic (exact) mass is 387 g/mol. The Morgan fingerprint density at radius 2 is 1.43 bits per heavy atom. The van der Waals surface area contributed by atoms with E-state index >= 15 is 0 Å². The van der Waals surface area contributed by atoms with Crippen LogP contribution < -0.4 is 20.5 Å². The van der Waals surface area contributed by atoms with E-state index in [-0.39, 0.29) is 11.1 Å². The normalized spacial score (nSPS) is 16.6. The molecule has 28 heavy (non-hydrogen) atoms. The lowest BCUT2D eigenvalue weighted by Crippen LogP contribution is -2.68. The third-order valence-corrected chi connectivity index (χ3v) is 10.9. The predicted molar refractivity (Wildman–Crippen MR) is 120 cm³/mol. The minimum atomic E-state index is -2.59. The van der Waals surface area contributed by atoms with Gasteiger partial charge >= 0.3 is 8.32 Å². The molecular formula is C25H29NOSi. The van der Waals surface area contributed by atoms with Crippen LogP contribution in [0.2, 0.25) is 5.04 Å². The number of rotatable bonds is 4. The summed E-state index contributed by atoms with van der Waals surface area (Å²) >= 11 is 0. The maximum absolute atomic E-state index is 7.10. The minimum Gasteiger partial charge on any atom is -0.534 e. The summed E-state index contributed by atoms with van der Waals surface area (Å²) in [6.45, 7) is 6.91. The number of nitrogens with two attached hydrogens (primary N) is 1. The van der Waals surface area contributed by atoms with E-state index < -0.39 is 8.32 Å². The van der Waals surface area contributed by atoms with E-state index in [1.807, 2.05) is 0 Å². The highest BCUT2D eigenvalue weighted by Crippen LogP contribution is 2.39. The molecule has 144 valence electrons. The third kappa shape index (κ3) is 3.19. The molecule has 2 N–H and O–H groups in total. The fraction of sp³-hybridized carbons (Fsp3) is 0.280. The quantitative estimate of drug-likeness (QED) is 0.666. The second kappa shape index (κ2) is 7.23. The molecule has 0 fully saturated rings. The maximum atomic E-state index is 7.10. The predicted octanol–water partition coefficient (Wildman–Crippen LogP) is 4.57. The molecule has 3 heteroatoms. The molecule has 0 radical (unpaired) electrons. The highest BCUT2D eigenvalue weighted by Gasteiger charge is 2.52. The van der Waals surface area contributed by atoms with Crippen LogP contribution in [-0.2, 0) is 6.42 Å². The van der Waals surface area contributed by atoms with Gasteiger partial charge < -0.3 is 10.2 Å². The van der Waals surface area contributed by atoms with Crippen molar-refractivity contribution in [2.45, 2.75) is 44.7 Å². The summed E-state index contributed by atoms with van der Waals surface area (Å²) in [5.74, 6) is 0.936. The Labute approximate surface area is 169 Å². The second-order valence-electron chi connectivity index (χ2n) is 8.77. The summed E-state index contributed by atoms with van der Waals surface area (Å²) in [5.41, 5.74) is 8.95. The van der Waals surface area contributed by atoms with Gasteiger partial charge in [0.25, 0.3) is 0 Å². The van der Waals surface area contributed by atoms with Gasteiger partial charge in [0, 0.05) is 6.04 Å². The average molecular weight is 388 g/mol. The molecule has 0 unspecified atom stereocenters. The van der Waals surface area contributed by atoms with Gasteiger partial charge in [0.2, 0.25) is 0 Å². The van der Waals surface area contributed by atoms with Crippen molar-refractivity contribution in [1.82, 2.24) is 0 Å². The molecule has 0 amide bonds. The summed E-state index contributed by atoms with van der Waals surface area (Å²) in [5, 5.41) is 2.54. The Balaban J connectivity index is 1.90. The van der Waals surface area contributed by atoms with Gasteiger partial charge in [-0.25, -0.2) is 0 Å². The zero-order chi connectivity index (χ0) is 19.8. The van der Waals surface area contributed by atoms with Crippen molar-refractivity contribution in [2.24, 2.45) is 5.73 Å². The van der Waals surface area contributed by atoms with E-state index in [1.54, 1.807) is 0 Å². The number of hydrogen-bond donors (Lipinski definition) is 1.